The lowest BCUT2D eigenvalue weighted by Crippen LogP contribution is -2.31. The highest BCUT2D eigenvalue weighted by Gasteiger charge is 2.34. The van der Waals surface area contributed by atoms with Crippen LogP contribution in [0.2, 0.25) is 0 Å². The fourth-order valence-electron chi connectivity index (χ4n) is 4.25. The van der Waals surface area contributed by atoms with E-state index in [0.29, 0.717) is 53.8 Å². The number of fused-ring (bicyclic) bond motifs is 1. The van der Waals surface area contributed by atoms with Crippen LogP contribution in [0.1, 0.15) is 61.7 Å². The van der Waals surface area contributed by atoms with Crippen molar-refractivity contribution < 1.29 is 23.4 Å². The number of benzene rings is 2. The van der Waals surface area contributed by atoms with Gasteiger partial charge in [0.15, 0.2) is 23.1 Å². The number of hydrogen-bond acceptors (Lipinski definition) is 6. The molecule has 1 aliphatic heterocycles. The Bertz CT molecular complexity index is 1140. The van der Waals surface area contributed by atoms with Gasteiger partial charge in [-0.25, -0.2) is 4.39 Å². The second-order valence-corrected chi connectivity index (χ2v) is 9.56. The van der Waals surface area contributed by atoms with E-state index in [-0.39, 0.29) is 23.5 Å². The van der Waals surface area contributed by atoms with Gasteiger partial charge in [-0.15, -0.1) is 0 Å². The van der Waals surface area contributed by atoms with Crippen LogP contribution in [0.3, 0.4) is 0 Å². The Hall–Kier alpha value is -2.81. The molecule has 7 nitrogen and oxygen atoms in total. The third-order valence-corrected chi connectivity index (χ3v) is 6.18. The monoisotopic (exact) mass is 549 g/mol. The third kappa shape index (κ3) is 5.24. The predicted octanol–water partition coefficient (Wildman–Crippen LogP) is 5.73. The van der Waals surface area contributed by atoms with Crippen molar-refractivity contribution in [1.29, 1.82) is 0 Å². The molecule has 0 fully saturated rings. The molecule has 35 heavy (non-hydrogen) atoms. The van der Waals surface area contributed by atoms with Gasteiger partial charge >= 0.3 is 0 Å². The number of hydrogen-bond donors (Lipinski definition) is 1. The number of halogens is 2. The summed E-state index contributed by atoms with van der Waals surface area (Å²) >= 11 is 3.13. The smallest absolute Gasteiger partial charge is 0.197 e. The van der Waals surface area contributed by atoms with Crippen molar-refractivity contribution in [3.8, 4) is 17.2 Å². The van der Waals surface area contributed by atoms with E-state index >= 15 is 4.39 Å². The first-order valence-electron chi connectivity index (χ1n) is 11.6. The highest BCUT2D eigenvalue weighted by Crippen LogP contribution is 2.41. The zero-order valence-corrected chi connectivity index (χ0v) is 22.9. The number of anilines is 1. The molecule has 0 radical (unpaired) electrons. The minimum absolute atomic E-state index is 0.0194. The summed E-state index contributed by atoms with van der Waals surface area (Å²) in [5.74, 6) is 0.787. The summed E-state index contributed by atoms with van der Waals surface area (Å²) in [4.78, 5) is 15.2. The topological polar surface area (TPSA) is 72.4 Å². The average molecular weight is 550 g/mol. The predicted molar refractivity (Wildman–Crippen MR) is 140 cm³/mol. The molecule has 1 N–H and O–H groups in total. The highest BCUT2D eigenvalue weighted by molar-refractivity contribution is 9.08. The van der Waals surface area contributed by atoms with Crippen LogP contribution in [0.15, 0.2) is 22.2 Å². The summed E-state index contributed by atoms with van der Waals surface area (Å²) in [6.07, 6.45) is 0. The van der Waals surface area contributed by atoms with E-state index in [1.165, 1.54) is 0 Å². The lowest BCUT2D eigenvalue weighted by atomic mass is 9.84. The van der Waals surface area contributed by atoms with Crippen molar-refractivity contribution in [1.82, 2.24) is 4.90 Å². The normalized spacial score (nSPS) is 14.2. The minimum atomic E-state index is -0.544. The summed E-state index contributed by atoms with van der Waals surface area (Å²) < 4.78 is 36.5. The second kappa shape index (κ2) is 10.8. The van der Waals surface area contributed by atoms with E-state index < -0.39 is 5.82 Å². The van der Waals surface area contributed by atoms with Crippen LogP contribution in [-0.4, -0.2) is 50.4 Å². The van der Waals surface area contributed by atoms with Gasteiger partial charge in [0, 0.05) is 24.7 Å². The largest absolute Gasteiger partial charge is 0.494 e. The average Bonchev–Trinajstić information content (AvgIpc) is 3.16. The molecule has 0 saturated heterocycles. The molecule has 0 aliphatic carbocycles. The Kier molecular flexibility index (Phi) is 8.30. The van der Waals surface area contributed by atoms with Crippen molar-refractivity contribution in [2.75, 3.05) is 39.2 Å². The number of nitrogens with one attached hydrogen (secondary N) is 1. The van der Waals surface area contributed by atoms with Crippen molar-refractivity contribution >= 4 is 33.5 Å². The fourth-order valence-corrected chi connectivity index (χ4v) is 4.65. The van der Waals surface area contributed by atoms with Gasteiger partial charge in [-0.1, -0.05) is 20.8 Å². The van der Waals surface area contributed by atoms with E-state index in [9.17, 15) is 4.79 Å². The molecule has 2 aromatic rings. The van der Waals surface area contributed by atoms with Crippen LogP contribution in [0.4, 0.5) is 10.1 Å². The van der Waals surface area contributed by atoms with Crippen LogP contribution in [0, 0.1) is 5.82 Å². The Balaban J connectivity index is 1.99. The molecule has 1 heterocycles. The van der Waals surface area contributed by atoms with Crippen LogP contribution >= 0.6 is 16.1 Å². The second-order valence-electron chi connectivity index (χ2n) is 9.21. The molecule has 3 rings (SSSR count). The molecule has 0 bridgehead atoms. The third-order valence-electron chi connectivity index (χ3n) is 5.85. The summed E-state index contributed by atoms with van der Waals surface area (Å²) in [6, 6.07) is 5.42. The first-order valence-corrected chi connectivity index (χ1v) is 12.3. The molecule has 0 aromatic heterocycles. The molecule has 0 saturated carbocycles. The molecule has 0 amide bonds. The number of ketones is 1. The molecular formula is C26H33BrFN3O4. The zero-order valence-electron chi connectivity index (χ0n) is 21.3. The Labute approximate surface area is 215 Å². The van der Waals surface area contributed by atoms with E-state index in [4.69, 9.17) is 14.2 Å². The van der Waals surface area contributed by atoms with E-state index in [1.807, 2.05) is 13.0 Å². The van der Waals surface area contributed by atoms with Crippen LogP contribution in [-0.2, 0) is 12.0 Å². The standard InChI is InChI=1S/C26H33BrFN3O4/c1-8-34-20-12-16-13-31(25(30-27)21(16)22(28)24(20)35-9-2)14-19(32)15-10-17(26(3,4)5)23(33-7)18(11-15)29-6/h10-12,29H,8-9,13-14H2,1-7H3/b30-25-. The lowest BCUT2D eigenvalue weighted by Gasteiger charge is -2.25. The number of rotatable bonds is 9. The van der Waals surface area contributed by atoms with Crippen LogP contribution in [0.25, 0.3) is 0 Å². The maximum absolute atomic E-state index is 15.5. The van der Waals surface area contributed by atoms with E-state index in [2.05, 4.69) is 46.3 Å². The highest BCUT2D eigenvalue weighted by atomic mass is 79.9. The Morgan fingerprint density at radius 2 is 1.86 bits per heavy atom. The quantitative estimate of drug-likeness (QED) is 0.403. The number of carbonyl (C=O) groups excluding carboxylic acids is 1. The van der Waals surface area contributed by atoms with Crippen LogP contribution < -0.4 is 19.5 Å². The van der Waals surface area contributed by atoms with Crippen LogP contribution in [0.5, 0.6) is 17.2 Å². The SMILES string of the molecule is CCOc1cc2c(c(F)c1OCC)/C(=N/Br)N(CC(=O)c1cc(NC)c(OC)c(C(C)(C)C)c1)C2. The minimum Gasteiger partial charge on any atom is -0.494 e. The molecule has 0 unspecified atom stereocenters. The van der Waals surface area contributed by atoms with Crippen molar-refractivity contribution in [3.05, 3.63) is 46.3 Å². The number of Topliss-reactive ketones (excluding diaryl/α,β-unsaturated/α-hetero) is 1. The summed E-state index contributed by atoms with van der Waals surface area (Å²) in [5, 5.41) is 3.13. The molecule has 0 atom stereocenters. The molecule has 190 valence electrons. The van der Waals surface area contributed by atoms with Gasteiger partial charge in [0.25, 0.3) is 0 Å². The fraction of sp³-hybridized carbons (Fsp3) is 0.462. The number of ether oxygens (including phenoxy) is 3. The van der Waals surface area contributed by atoms with Gasteiger partial charge in [0.05, 0.1) is 54.3 Å². The van der Waals surface area contributed by atoms with Gasteiger partial charge in [0.2, 0.25) is 0 Å². The van der Waals surface area contributed by atoms with Gasteiger partial charge in [0.1, 0.15) is 11.6 Å². The van der Waals surface area contributed by atoms with E-state index in [1.54, 1.807) is 38.1 Å². The Morgan fingerprint density at radius 1 is 1.17 bits per heavy atom. The van der Waals surface area contributed by atoms with E-state index in [0.717, 1.165) is 11.3 Å². The number of amidine groups is 1. The zero-order chi connectivity index (χ0) is 25.9. The van der Waals surface area contributed by atoms with Crippen molar-refractivity contribution in [2.45, 2.75) is 46.6 Å². The summed E-state index contributed by atoms with van der Waals surface area (Å²) in [5.41, 5.74) is 2.94. The number of methoxy groups -OCH3 is 1. The van der Waals surface area contributed by atoms with Gasteiger partial charge in [-0.2, -0.15) is 4.02 Å². The molecule has 0 spiro atoms. The molecular weight excluding hydrogens is 517 g/mol. The van der Waals surface area contributed by atoms with Gasteiger partial charge in [-0.05, 0) is 43.0 Å². The summed E-state index contributed by atoms with van der Waals surface area (Å²) in [7, 11) is 3.41. The molecule has 2 aromatic carbocycles. The van der Waals surface area contributed by atoms with Crippen molar-refractivity contribution in [3.63, 3.8) is 0 Å². The lowest BCUT2D eigenvalue weighted by molar-refractivity contribution is 0.0963. The first-order chi connectivity index (χ1) is 16.6. The molecule has 9 heteroatoms. The maximum atomic E-state index is 15.5. The Morgan fingerprint density at radius 3 is 2.40 bits per heavy atom. The maximum Gasteiger partial charge on any atom is 0.197 e. The van der Waals surface area contributed by atoms with Crippen molar-refractivity contribution in [2.24, 2.45) is 4.02 Å². The number of nitrogens with zero attached hydrogens (tertiary/aromatic N) is 2. The first kappa shape index (κ1) is 26.8. The van der Waals surface area contributed by atoms with Gasteiger partial charge < -0.3 is 24.4 Å². The number of carbonyl (C=O) groups is 1. The molecule has 1 aliphatic rings. The van der Waals surface area contributed by atoms with Gasteiger partial charge in [-0.3, -0.25) is 4.79 Å². The summed E-state index contributed by atoms with van der Waals surface area (Å²) in [6.45, 7) is 10.8.